The van der Waals surface area contributed by atoms with Crippen molar-refractivity contribution in [1.82, 2.24) is 9.55 Å². The molecule has 0 fully saturated rings. The average molecular weight is 151 g/mol. The topological polar surface area (TPSA) is 43.8 Å². The van der Waals surface area contributed by atoms with Crippen molar-refractivity contribution < 1.29 is 0 Å². The minimum absolute atomic E-state index is 0.499. The fraction of sp³-hybridized carbons (Fsp3) is 0.625. The van der Waals surface area contributed by atoms with Gasteiger partial charge in [-0.05, 0) is 12.8 Å². The van der Waals surface area contributed by atoms with E-state index in [2.05, 4.69) is 9.55 Å². The lowest BCUT2D eigenvalue weighted by atomic mass is 9.99. The molecule has 3 nitrogen and oxygen atoms in total. The number of nitrogens with two attached hydrogens (primary N) is 1. The predicted molar refractivity (Wildman–Crippen MR) is 43.3 cm³/mol. The first-order valence-electron chi connectivity index (χ1n) is 4.13. The molecule has 0 amide bonds. The van der Waals surface area contributed by atoms with Crippen LogP contribution in [-0.2, 0) is 6.54 Å². The second-order valence-corrected chi connectivity index (χ2v) is 3.05. The van der Waals surface area contributed by atoms with E-state index in [9.17, 15) is 0 Å². The third kappa shape index (κ3) is 1.05. The number of hydrogen-bond donors (Lipinski definition) is 1. The molecule has 0 radical (unpaired) electrons. The number of aryl methyl sites for hydroxylation is 1. The third-order valence-electron chi connectivity index (χ3n) is 2.35. The Morgan fingerprint density at radius 3 is 3.45 bits per heavy atom. The van der Waals surface area contributed by atoms with E-state index < -0.39 is 0 Å². The molecule has 0 aromatic carbocycles. The predicted octanol–water partition coefficient (Wildman–Crippen LogP) is 0.719. The van der Waals surface area contributed by atoms with E-state index in [-0.39, 0.29) is 0 Å². The maximum atomic E-state index is 5.62. The van der Waals surface area contributed by atoms with E-state index >= 15 is 0 Å². The Morgan fingerprint density at radius 2 is 2.64 bits per heavy atom. The van der Waals surface area contributed by atoms with Gasteiger partial charge in [0.1, 0.15) is 5.82 Å². The first-order valence-corrected chi connectivity index (χ1v) is 4.13. The van der Waals surface area contributed by atoms with Gasteiger partial charge >= 0.3 is 0 Å². The maximum absolute atomic E-state index is 5.62. The Bertz CT molecular complexity index is 241. The van der Waals surface area contributed by atoms with Crippen molar-refractivity contribution in [3.05, 3.63) is 18.2 Å². The molecule has 0 aliphatic carbocycles. The summed E-state index contributed by atoms with van der Waals surface area (Å²) in [5.41, 5.74) is 5.62. The highest BCUT2D eigenvalue weighted by molar-refractivity contribution is 5.03. The zero-order valence-electron chi connectivity index (χ0n) is 6.53. The molecule has 11 heavy (non-hydrogen) atoms. The molecule has 1 aliphatic rings. The largest absolute Gasteiger partial charge is 0.335 e. The lowest BCUT2D eigenvalue weighted by Gasteiger charge is -2.21. The number of rotatable bonds is 1. The van der Waals surface area contributed by atoms with Crippen molar-refractivity contribution in [2.75, 3.05) is 6.54 Å². The fourth-order valence-electron chi connectivity index (χ4n) is 1.73. The van der Waals surface area contributed by atoms with Crippen LogP contribution in [0.3, 0.4) is 0 Å². The van der Waals surface area contributed by atoms with E-state index in [1.54, 1.807) is 0 Å². The minimum atomic E-state index is 0.499. The molecule has 1 aromatic heterocycles. The Morgan fingerprint density at radius 1 is 1.73 bits per heavy atom. The summed E-state index contributed by atoms with van der Waals surface area (Å²) < 4.78 is 2.21. The van der Waals surface area contributed by atoms with E-state index in [0.717, 1.165) is 13.1 Å². The first kappa shape index (κ1) is 6.85. The molecule has 0 bridgehead atoms. The minimum Gasteiger partial charge on any atom is -0.335 e. The lowest BCUT2D eigenvalue weighted by molar-refractivity contribution is 0.448. The van der Waals surface area contributed by atoms with Crippen LogP contribution in [0.1, 0.15) is 24.6 Å². The van der Waals surface area contributed by atoms with Crippen LogP contribution in [0.15, 0.2) is 12.4 Å². The lowest BCUT2D eigenvalue weighted by Crippen LogP contribution is -2.21. The highest BCUT2D eigenvalue weighted by Gasteiger charge is 2.19. The number of fused-ring (bicyclic) bond motifs is 1. The van der Waals surface area contributed by atoms with Crippen molar-refractivity contribution >= 4 is 0 Å². The van der Waals surface area contributed by atoms with Crippen LogP contribution in [0.5, 0.6) is 0 Å². The quantitative estimate of drug-likeness (QED) is 0.642. The van der Waals surface area contributed by atoms with Crippen LogP contribution >= 0.6 is 0 Å². The van der Waals surface area contributed by atoms with Crippen LogP contribution < -0.4 is 5.73 Å². The Balaban J connectivity index is 2.32. The molecule has 0 saturated heterocycles. The summed E-state index contributed by atoms with van der Waals surface area (Å²) in [6.07, 6.45) is 6.35. The monoisotopic (exact) mass is 151 g/mol. The molecule has 0 spiro atoms. The van der Waals surface area contributed by atoms with Gasteiger partial charge in [0, 0.05) is 31.4 Å². The third-order valence-corrected chi connectivity index (χ3v) is 2.35. The van der Waals surface area contributed by atoms with E-state index in [4.69, 9.17) is 5.73 Å². The maximum Gasteiger partial charge on any atom is 0.113 e. The standard InChI is InChI=1S/C8H13N3/c9-6-7-2-1-4-11-5-3-10-8(7)11/h3,5,7H,1-2,4,6,9H2/t7-/m0/s1. The number of hydrogen-bond acceptors (Lipinski definition) is 2. The Hall–Kier alpha value is -0.830. The van der Waals surface area contributed by atoms with E-state index in [0.29, 0.717) is 5.92 Å². The normalized spacial score (nSPS) is 23.2. The van der Waals surface area contributed by atoms with Gasteiger partial charge in [-0.15, -0.1) is 0 Å². The fourth-order valence-corrected chi connectivity index (χ4v) is 1.73. The summed E-state index contributed by atoms with van der Waals surface area (Å²) >= 11 is 0. The number of imidazole rings is 1. The molecule has 1 aromatic rings. The van der Waals surface area contributed by atoms with Crippen LogP contribution in [0.4, 0.5) is 0 Å². The summed E-state index contributed by atoms with van der Waals surface area (Å²) in [6.45, 7) is 1.85. The van der Waals surface area contributed by atoms with Crippen LogP contribution in [-0.4, -0.2) is 16.1 Å². The van der Waals surface area contributed by atoms with Gasteiger partial charge in [-0.2, -0.15) is 0 Å². The molecule has 2 rings (SSSR count). The van der Waals surface area contributed by atoms with Gasteiger partial charge in [-0.1, -0.05) is 0 Å². The number of aromatic nitrogens is 2. The van der Waals surface area contributed by atoms with Gasteiger partial charge in [0.25, 0.3) is 0 Å². The molecule has 0 saturated carbocycles. The van der Waals surface area contributed by atoms with Crippen molar-refractivity contribution in [1.29, 1.82) is 0 Å². The summed E-state index contributed by atoms with van der Waals surface area (Å²) in [7, 11) is 0. The van der Waals surface area contributed by atoms with Gasteiger partial charge < -0.3 is 10.3 Å². The molecular formula is C8H13N3. The Labute approximate surface area is 66.2 Å². The van der Waals surface area contributed by atoms with Crippen molar-refractivity contribution in [3.8, 4) is 0 Å². The molecule has 2 heterocycles. The summed E-state index contributed by atoms with van der Waals surface area (Å²) in [4.78, 5) is 4.29. The highest BCUT2D eigenvalue weighted by Crippen LogP contribution is 2.23. The zero-order chi connectivity index (χ0) is 7.68. The summed E-state index contributed by atoms with van der Waals surface area (Å²) in [5.74, 6) is 1.68. The zero-order valence-corrected chi connectivity index (χ0v) is 6.53. The van der Waals surface area contributed by atoms with Crippen molar-refractivity contribution in [2.24, 2.45) is 5.73 Å². The van der Waals surface area contributed by atoms with Crippen molar-refractivity contribution in [2.45, 2.75) is 25.3 Å². The molecule has 60 valence electrons. The van der Waals surface area contributed by atoms with Gasteiger partial charge in [-0.25, -0.2) is 4.98 Å². The molecule has 1 atom stereocenters. The van der Waals surface area contributed by atoms with E-state index in [1.807, 2.05) is 12.4 Å². The second kappa shape index (κ2) is 2.66. The van der Waals surface area contributed by atoms with Crippen molar-refractivity contribution in [3.63, 3.8) is 0 Å². The first-order chi connectivity index (χ1) is 5.42. The van der Waals surface area contributed by atoms with Gasteiger partial charge in [0.2, 0.25) is 0 Å². The summed E-state index contributed by atoms with van der Waals surface area (Å²) in [6, 6.07) is 0. The smallest absolute Gasteiger partial charge is 0.113 e. The SMILES string of the molecule is NC[C@@H]1CCCn2ccnc21. The number of nitrogens with zero attached hydrogens (tertiary/aromatic N) is 2. The van der Waals surface area contributed by atoms with Crippen LogP contribution in [0, 0.1) is 0 Å². The Kier molecular flexibility index (Phi) is 1.66. The molecule has 3 heteroatoms. The summed E-state index contributed by atoms with van der Waals surface area (Å²) in [5, 5.41) is 0. The van der Waals surface area contributed by atoms with E-state index in [1.165, 1.54) is 18.7 Å². The van der Waals surface area contributed by atoms with Gasteiger partial charge in [-0.3, -0.25) is 0 Å². The molecule has 1 aliphatic heterocycles. The van der Waals surface area contributed by atoms with Gasteiger partial charge in [0.15, 0.2) is 0 Å². The average Bonchev–Trinajstić information content (AvgIpc) is 2.50. The second-order valence-electron chi connectivity index (χ2n) is 3.05. The van der Waals surface area contributed by atoms with Gasteiger partial charge in [0.05, 0.1) is 0 Å². The molecule has 2 N–H and O–H groups in total. The van der Waals surface area contributed by atoms with Crippen LogP contribution in [0.2, 0.25) is 0 Å². The molecular weight excluding hydrogens is 138 g/mol. The highest BCUT2D eigenvalue weighted by atomic mass is 15.1. The van der Waals surface area contributed by atoms with Crippen LogP contribution in [0.25, 0.3) is 0 Å². The molecule has 0 unspecified atom stereocenters.